The number of benzene rings is 2. The SMILES string of the molecule is CCOC(=O)Cc1c(C)nc(C)c(-c2ccc(NC(=O)OCc3ccccc3)cc2)c1N1CCC(C)(C)CC1. The van der Waals surface area contributed by atoms with Gasteiger partial charge in [0.25, 0.3) is 0 Å². The van der Waals surface area contributed by atoms with Crippen molar-refractivity contribution in [3.05, 3.63) is 77.1 Å². The van der Waals surface area contributed by atoms with Crippen molar-refractivity contribution in [3.63, 3.8) is 0 Å². The number of piperidine rings is 1. The number of carbonyl (C=O) groups excluding carboxylic acids is 2. The zero-order valence-corrected chi connectivity index (χ0v) is 23.7. The number of amides is 1. The number of ether oxygens (including phenoxy) is 2. The van der Waals surface area contributed by atoms with E-state index in [0.29, 0.717) is 12.3 Å². The van der Waals surface area contributed by atoms with Crippen LogP contribution < -0.4 is 10.2 Å². The molecule has 1 N–H and O–H groups in total. The predicted molar refractivity (Wildman–Crippen MR) is 155 cm³/mol. The number of nitrogens with one attached hydrogen (secondary N) is 1. The third-order valence-corrected chi connectivity index (χ3v) is 7.35. The molecule has 7 heteroatoms. The molecule has 0 atom stereocenters. The van der Waals surface area contributed by atoms with E-state index in [-0.39, 0.29) is 24.4 Å². The van der Waals surface area contributed by atoms with Crippen LogP contribution in [0.5, 0.6) is 0 Å². The summed E-state index contributed by atoms with van der Waals surface area (Å²) in [5.74, 6) is -0.246. The molecule has 1 amide bonds. The maximum absolute atomic E-state index is 12.6. The van der Waals surface area contributed by atoms with Gasteiger partial charge in [-0.25, -0.2) is 4.79 Å². The second kappa shape index (κ2) is 12.3. The van der Waals surface area contributed by atoms with Gasteiger partial charge in [-0.1, -0.05) is 56.3 Å². The summed E-state index contributed by atoms with van der Waals surface area (Å²) >= 11 is 0. The zero-order chi connectivity index (χ0) is 28.0. The first-order chi connectivity index (χ1) is 18.7. The molecular weight excluding hydrogens is 490 g/mol. The summed E-state index contributed by atoms with van der Waals surface area (Å²) in [5.41, 5.74) is 7.59. The highest BCUT2D eigenvalue weighted by Gasteiger charge is 2.30. The fraction of sp³-hybridized carbons (Fsp3) is 0.406. The standard InChI is InChI=1S/C32H39N3O4/c1-6-38-28(36)20-27-22(2)33-23(3)29(30(27)35-18-16-32(4,5)17-19-35)25-12-14-26(15-13-25)34-31(37)39-21-24-10-8-7-9-11-24/h7-15H,6,16-21H2,1-5H3,(H,34,37). The number of rotatable bonds is 8. The van der Waals surface area contributed by atoms with Gasteiger partial charge in [0.05, 0.1) is 18.7 Å². The van der Waals surface area contributed by atoms with E-state index in [0.717, 1.165) is 65.3 Å². The Morgan fingerprint density at radius 2 is 1.62 bits per heavy atom. The number of pyridine rings is 1. The number of anilines is 2. The molecule has 0 spiro atoms. The molecule has 1 aliphatic rings. The van der Waals surface area contributed by atoms with Crippen molar-refractivity contribution in [3.8, 4) is 11.1 Å². The zero-order valence-electron chi connectivity index (χ0n) is 23.7. The minimum Gasteiger partial charge on any atom is -0.466 e. The van der Waals surface area contributed by atoms with E-state index in [2.05, 4.69) is 24.1 Å². The van der Waals surface area contributed by atoms with Crippen LogP contribution in [0.15, 0.2) is 54.6 Å². The fourth-order valence-electron chi connectivity index (χ4n) is 5.06. The van der Waals surface area contributed by atoms with E-state index in [4.69, 9.17) is 14.5 Å². The minimum atomic E-state index is -0.506. The van der Waals surface area contributed by atoms with Crippen LogP contribution in [0, 0.1) is 19.3 Å². The molecule has 1 aliphatic heterocycles. The lowest BCUT2D eigenvalue weighted by molar-refractivity contribution is -0.142. The Morgan fingerprint density at radius 3 is 2.26 bits per heavy atom. The van der Waals surface area contributed by atoms with Crippen LogP contribution >= 0.6 is 0 Å². The van der Waals surface area contributed by atoms with E-state index >= 15 is 0 Å². The third kappa shape index (κ3) is 7.16. The summed E-state index contributed by atoms with van der Waals surface area (Å²) in [5, 5.41) is 2.80. The monoisotopic (exact) mass is 529 g/mol. The van der Waals surface area contributed by atoms with Crippen molar-refractivity contribution < 1.29 is 19.1 Å². The predicted octanol–water partition coefficient (Wildman–Crippen LogP) is 6.85. The lowest BCUT2D eigenvalue weighted by atomic mass is 9.82. The first kappa shape index (κ1) is 28.1. The number of carbonyl (C=O) groups is 2. The summed E-state index contributed by atoms with van der Waals surface area (Å²) in [6.07, 6.45) is 1.81. The average molecular weight is 530 g/mol. The van der Waals surface area contributed by atoms with Crippen molar-refractivity contribution in [2.24, 2.45) is 5.41 Å². The molecule has 39 heavy (non-hydrogen) atoms. The molecule has 1 fully saturated rings. The lowest BCUT2D eigenvalue weighted by Crippen LogP contribution is -2.38. The smallest absolute Gasteiger partial charge is 0.411 e. The number of hydrogen-bond donors (Lipinski definition) is 1. The second-order valence-corrected chi connectivity index (χ2v) is 10.9. The number of aryl methyl sites for hydroxylation is 2. The Morgan fingerprint density at radius 1 is 0.949 bits per heavy atom. The number of aromatic nitrogens is 1. The first-order valence-corrected chi connectivity index (χ1v) is 13.7. The van der Waals surface area contributed by atoms with Gasteiger partial charge >= 0.3 is 12.1 Å². The van der Waals surface area contributed by atoms with E-state index in [1.807, 2.05) is 75.4 Å². The van der Waals surface area contributed by atoms with Gasteiger partial charge in [-0.05, 0) is 62.3 Å². The molecule has 4 rings (SSSR count). The van der Waals surface area contributed by atoms with Gasteiger partial charge in [-0.15, -0.1) is 0 Å². The molecule has 0 radical (unpaired) electrons. The number of esters is 1. The molecule has 206 valence electrons. The molecule has 3 aromatic rings. The van der Waals surface area contributed by atoms with Crippen LogP contribution in [0.25, 0.3) is 11.1 Å². The lowest BCUT2D eigenvalue weighted by Gasteiger charge is -2.40. The maximum atomic E-state index is 12.6. The molecule has 1 saturated heterocycles. The average Bonchev–Trinajstić information content (AvgIpc) is 2.90. The van der Waals surface area contributed by atoms with Gasteiger partial charge in [-0.2, -0.15) is 0 Å². The van der Waals surface area contributed by atoms with Gasteiger partial charge in [0, 0.05) is 41.3 Å². The van der Waals surface area contributed by atoms with Gasteiger partial charge in [0.1, 0.15) is 6.61 Å². The summed E-state index contributed by atoms with van der Waals surface area (Å²) in [7, 11) is 0. The van der Waals surface area contributed by atoms with E-state index in [1.54, 1.807) is 0 Å². The highest BCUT2D eigenvalue weighted by Crippen LogP contribution is 2.41. The van der Waals surface area contributed by atoms with Crippen LogP contribution in [0.2, 0.25) is 0 Å². The first-order valence-electron chi connectivity index (χ1n) is 13.7. The van der Waals surface area contributed by atoms with E-state index in [9.17, 15) is 9.59 Å². The van der Waals surface area contributed by atoms with Gasteiger partial charge < -0.3 is 14.4 Å². The molecule has 7 nitrogen and oxygen atoms in total. The quantitative estimate of drug-likeness (QED) is 0.322. The molecule has 0 saturated carbocycles. The van der Waals surface area contributed by atoms with Crippen LogP contribution in [0.4, 0.5) is 16.2 Å². The van der Waals surface area contributed by atoms with Crippen LogP contribution in [-0.2, 0) is 27.3 Å². The Balaban J connectivity index is 1.62. The Labute approximate surface area is 231 Å². The largest absolute Gasteiger partial charge is 0.466 e. The van der Waals surface area contributed by atoms with Gasteiger partial charge in [0.15, 0.2) is 0 Å². The van der Waals surface area contributed by atoms with Crippen molar-refractivity contribution in [2.75, 3.05) is 29.9 Å². The minimum absolute atomic E-state index is 0.183. The maximum Gasteiger partial charge on any atom is 0.411 e. The van der Waals surface area contributed by atoms with E-state index in [1.165, 1.54) is 0 Å². The van der Waals surface area contributed by atoms with Crippen molar-refractivity contribution in [1.82, 2.24) is 4.98 Å². The highest BCUT2D eigenvalue weighted by atomic mass is 16.5. The van der Waals surface area contributed by atoms with Gasteiger partial charge in [-0.3, -0.25) is 15.1 Å². The molecular formula is C32H39N3O4. The summed E-state index contributed by atoms with van der Waals surface area (Å²) in [4.78, 5) is 32.2. The topological polar surface area (TPSA) is 80.8 Å². The third-order valence-electron chi connectivity index (χ3n) is 7.35. The Bertz CT molecular complexity index is 1290. The molecule has 0 unspecified atom stereocenters. The number of hydrogen-bond acceptors (Lipinski definition) is 6. The van der Waals surface area contributed by atoms with E-state index < -0.39 is 6.09 Å². The van der Waals surface area contributed by atoms with Gasteiger partial charge in [0.2, 0.25) is 0 Å². The molecule has 1 aromatic heterocycles. The molecule has 2 heterocycles. The van der Waals surface area contributed by atoms with Crippen molar-refractivity contribution >= 4 is 23.4 Å². The summed E-state index contributed by atoms with van der Waals surface area (Å²) in [6, 6.07) is 17.3. The number of nitrogens with zero attached hydrogens (tertiary/aromatic N) is 2. The Kier molecular flexibility index (Phi) is 8.90. The summed E-state index contributed by atoms with van der Waals surface area (Å²) < 4.78 is 10.7. The Hall–Kier alpha value is -3.87. The summed E-state index contributed by atoms with van der Waals surface area (Å²) in [6.45, 7) is 12.8. The van der Waals surface area contributed by atoms with Crippen molar-refractivity contribution in [1.29, 1.82) is 0 Å². The normalized spacial score (nSPS) is 14.5. The van der Waals surface area contributed by atoms with Crippen molar-refractivity contribution in [2.45, 2.75) is 60.5 Å². The fourth-order valence-corrected chi connectivity index (χ4v) is 5.06. The highest BCUT2D eigenvalue weighted by molar-refractivity contribution is 5.89. The molecule has 2 aromatic carbocycles. The second-order valence-electron chi connectivity index (χ2n) is 10.9. The molecule has 0 aliphatic carbocycles. The molecule has 0 bridgehead atoms. The van der Waals surface area contributed by atoms with Crippen LogP contribution in [-0.4, -0.2) is 36.7 Å². The van der Waals surface area contributed by atoms with Crippen LogP contribution in [0.3, 0.4) is 0 Å². The van der Waals surface area contributed by atoms with Crippen LogP contribution in [0.1, 0.15) is 56.1 Å².